The highest BCUT2D eigenvalue weighted by Crippen LogP contribution is 2.07. The first-order valence-corrected chi connectivity index (χ1v) is 4.22. The third-order valence-corrected chi connectivity index (χ3v) is 1.77. The Balaban J connectivity index is 2.66. The van der Waals surface area contributed by atoms with Gasteiger partial charge in [0.2, 0.25) is 0 Å². The maximum Gasteiger partial charge on any atom is 0.268 e. The van der Waals surface area contributed by atoms with Crippen LogP contribution in [0.3, 0.4) is 0 Å². The van der Waals surface area contributed by atoms with Crippen LogP contribution < -0.4 is 5.56 Å². The molecule has 0 amide bonds. The van der Waals surface area contributed by atoms with Gasteiger partial charge in [-0.3, -0.25) is 9.78 Å². The molecule has 0 aliphatic rings. The highest BCUT2D eigenvalue weighted by molar-refractivity contribution is 4.81. The van der Waals surface area contributed by atoms with Crippen molar-refractivity contribution in [3.8, 4) is 0 Å². The van der Waals surface area contributed by atoms with Crippen LogP contribution >= 0.6 is 0 Å². The molecule has 13 heavy (non-hydrogen) atoms. The minimum atomic E-state index is -0.733. The summed E-state index contributed by atoms with van der Waals surface area (Å²) in [7, 11) is 0. The number of rotatable bonds is 3. The lowest BCUT2D eigenvalue weighted by molar-refractivity contribution is 0.0659. The van der Waals surface area contributed by atoms with Gasteiger partial charge in [-0.25, -0.2) is 0 Å². The Morgan fingerprint density at radius 3 is 2.85 bits per heavy atom. The van der Waals surface area contributed by atoms with Gasteiger partial charge in [0.25, 0.3) is 5.56 Å². The highest BCUT2D eigenvalue weighted by atomic mass is 16.3. The molecule has 1 N–H and O–H groups in total. The van der Waals surface area contributed by atoms with E-state index in [9.17, 15) is 9.90 Å². The molecular formula is C9H14N2O2. The molecule has 0 atom stereocenters. The van der Waals surface area contributed by atoms with Gasteiger partial charge in [0.1, 0.15) is 0 Å². The van der Waals surface area contributed by atoms with Gasteiger partial charge >= 0.3 is 0 Å². The lowest BCUT2D eigenvalue weighted by Crippen LogP contribution is -2.26. The Kier molecular flexibility index (Phi) is 2.83. The summed E-state index contributed by atoms with van der Waals surface area (Å²) in [5.41, 5.74) is -0.866. The van der Waals surface area contributed by atoms with E-state index < -0.39 is 5.60 Å². The van der Waals surface area contributed by atoms with E-state index in [1.54, 1.807) is 26.2 Å². The molecule has 0 saturated carbocycles. The summed E-state index contributed by atoms with van der Waals surface area (Å²) in [6, 6.07) is 0. The van der Waals surface area contributed by atoms with Crippen molar-refractivity contribution in [2.45, 2.75) is 32.4 Å². The SMILES string of the molecule is CC(C)(O)CCn1ccncc1=O. The molecule has 1 aromatic rings. The molecule has 0 spiro atoms. The van der Waals surface area contributed by atoms with Crippen molar-refractivity contribution in [2.24, 2.45) is 0 Å². The monoisotopic (exact) mass is 182 g/mol. The van der Waals surface area contributed by atoms with E-state index in [1.165, 1.54) is 10.8 Å². The van der Waals surface area contributed by atoms with Crippen molar-refractivity contribution < 1.29 is 5.11 Å². The van der Waals surface area contributed by atoms with Crippen molar-refractivity contribution >= 4 is 0 Å². The fourth-order valence-corrected chi connectivity index (χ4v) is 0.952. The number of aromatic nitrogens is 2. The van der Waals surface area contributed by atoms with Crippen LogP contribution in [0.1, 0.15) is 20.3 Å². The largest absolute Gasteiger partial charge is 0.390 e. The van der Waals surface area contributed by atoms with E-state index in [0.29, 0.717) is 13.0 Å². The Labute approximate surface area is 76.9 Å². The Hall–Kier alpha value is -1.16. The molecule has 0 aromatic carbocycles. The van der Waals surface area contributed by atoms with Gasteiger partial charge in [-0.05, 0) is 20.3 Å². The van der Waals surface area contributed by atoms with Crippen molar-refractivity contribution in [3.63, 3.8) is 0 Å². The van der Waals surface area contributed by atoms with E-state index >= 15 is 0 Å². The summed E-state index contributed by atoms with van der Waals surface area (Å²) in [6.07, 6.45) is 5.00. The first-order valence-electron chi connectivity index (χ1n) is 4.22. The van der Waals surface area contributed by atoms with Crippen molar-refractivity contribution in [2.75, 3.05) is 0 Å². The van der Waals surface area contributed by atoms with Crippen LogP contribution in [-0.2, 0) is 6.54 Å². The average Bonchev–Trinajstić information content (AvgIpc) is 2.01. The second-order valence-electron chi connectivity index (χ2n) is 3.67. The minimum absolute atomic E-state index is 0.133. The smallest absolute Gasteiger partial charge is 0.268 e. The van der Waals surface area contributed by atoms with Crippen LogP contribution in [0, 0.1) is 0 Å². The molecule has 72 valence electrons. The predicted octanol–water partition coefficient (Wildman–Crippen LogP) is 0.404. The quantitative estimate of drug-likeness (QED) is 0.736. The normalized spacial score (nSPS) is 11.6. The summed E-state index contributed by atoms with van der Waals surface area (Å²) in [4.78, 5) is 14.8. The minimum Gasteiger partial charge on any atom is -0.390 e. The second kappa shape index (κ2) is 3.70. The maximum absolute atomic E-state index is 11.2. The first-order chi connectivity index (χ1) is 5.99. The fourth-order valence-electron chi connectivity index (χ4n) is 0.952. The third-order valence-electron chi connectivity index (χ3n) is 1.77. The van der Waals surface area contributed by atoms with Gasteiger partial charge in [0.15, 0.2) is 0 Å². The molecule has 0 aliphatic carbocycles. The zero-order valence-electron chi connectivity index (χ0n) is 7.90. The van der Waals surface area contributed by atoms with E-state index in [0.717, 1.165) is 0 Å². The Morgan fingerprint density at radius 2 is 2.31 bits per heavy atom. The summed E-state index contributed by atoms with van der Waals surface area (Å²) in [5, 5.41) is 9.44. The number of hydrogen-bond donors (Lipinski definition) is 1. The van der Waals surface area contributed by atoms with Gasteiger partial charge in [-0.15, -0.1) is 0 Å². The average molecular weight is 182 g/mol. The number of hydrogen-bond acceptors (Lipinski definition) is 3. The Bertz CT molecular complexity index is 325. The molecule has 0 aliphatic heterocycles. The van der Waals surface area contributed by atoms with Crippen LogP contribution in [0.15, 0.2) is 23.4 Å². The molecule has 0 unspecified atom stereocenters. The molecule has 1 heterocycles. The molecule has 1 aromatic heterocycles. The van der Waals surface area contributed by atoms with Crippen LogP contribution in [0.4, 0.5) is 0 Å². The van der Waals surface area contributed by atoms with E-state index in [1.807, 2.05) is 0 Å². The van der Waals surface area contributed by atoms with Gasteiger partial charge in [0, 0.05) is 18.9 Å². The summed E-state index contributed by atoms with van der Waals surface area (Å²) < 4.78 is 1.53. The van der Waals surface area contributed by atoms with Crippen LogP contribution in [0.25, 0.3) is 0 Å². The van der Waals surface area contributed by atoms with Crippen LogP contribution in [0.5, 0.6) is 0 Å². The van der Waals surface area contributed by atoms with Crippen molar-refractivity contribution in [3.05, 3.63) is 28.9 Å². The third kappa shape index (κ3) is 3.38. The molecule has 0 bridgehead atoms. The summed E-state index contributed by atoms with van der Waals surface area (Å²) in [6.45, 7) is 3.96. The van der Waals surface area contributed by atoms with Crippen molar-refractivity contribution in [1.82, 2.24) is 9.55 Å². The van der Waals surface area contributed by atoms with E-state index in [2.05, 4.69) is 4.98 Å². The molecule has 0 saturated heterocycles. The second-order valence-corrected chi connectivity index (χ2v) is 3.67. The van der Waals surface area contributed by atoms with E-state index in [-0.39, 0.29) is 5.56 Å². The molecule has 0 fully saturated rings. The summed E-state index contributed by atoms with van der Waals surface area (Å²) >= 11 is 0. The number of aliphatic hydroxyl groups is 1. The molecular weight excluding hydrogens is 168 g/mol. The zero-order chi connectivity index (χ0) is 9.90. The topological polar surface area (TPSA) is 55.1 Å². The molecule has 4 heteroatoms. The van der Waals surface area contributed by atoms with Gasteiger partial charge in [-0.1, -0.05) is 0 Å². The van der Waals surface area contributed by atoms with Crippen LogP contribution in [-0.4, -0.2) is 20.3 Å². The summed E-state index contributed by atoms with van der Waals surface area (Å²) in [5.74, 6) is 0. The lowest BCUT2D eigenvalue weighted by atomic mass is 10.1. The predicted molar refractivity (Wildman–Crippen MR) is 49.4 cm³/mol. The zero-order valence-corrected chi connectivity index (χ0v) is 7.90. The molecule has 0 radical (unpaired) electrons. The fraction of sp³-hybridized carbons (Fsp3) is 0.556. The molecule has 1 rings (SSSR count). The van der Waals surface area contributed by atoms with Crippen LogP contribution in [0.2, 0.25) is 0 Å². The first kappa shape index (κ1) is 9.92. The lowest BCUT2D eigenvalue weighted by Gasteiger charge is -2.17. The van der Waals surface area contributed by atoms with Gasteiger partial charge in [-0.2, -0.15) is 0 Å². The van der Waals surface area contributed by atoms with Gasteiger partial charge in [0.05, 0.1) is 11.8 Å². The maximum atomic E-state index is 11.2. The highest BCUT2D eigenvalue weighted by Gasteiger charge is 2.11. The van der Waals surface area contributed by atoms with Gasteiger partial charge < -0.3 is 9.67 Å². The number of nitrogens with zero attached hydrogens (tertiary/aromatic N) is 2. The Morgan fingerprint density at radius 1 is 1.62 bits per heavy atom. The van der Waals surface area contributed by atoms with E-state index in [4.69, 9.17) is 0 Å². The van der Waals surface area contributed by atoms with Crippen molar-refractivity contribution in [1.29, 1.82) is 0 Å². The molecule has 4 nitrogen and oxygen atoms in total. The number of aryl methyl sites for hydroxylation is 1. The standard InChI is InChI=1S/C9H14N2O2/c1-9(2,13)3-5-11-6-4-10-7-8(11)12/h4,6-7,13H,3,5H2,1-2H3.